The number of nitrogens with zero attached hydrogens (tertiary/aromatic N) is 4. The third kappa shape index (κ3) is 16.5. The van der Waals surface area contributed by atoms with Crippen LogP contribution >= 0.6 is 12.3 Å². The van der Waals surface area contributed by atoms with Gasteiger partial charge in [0.15, 0.2) is 11.5 Å². The molecule has 8 rings (SSSR count). The summed E-state index contributed by atoms with van der Waals surface area (Å²) < 4.78 is 20.7. The van der Waals surface area contributed by atoms with Crippen molar-refractivity contribution in [3.8, 4) is 51.3 Å². The predicted octanol–water partition coefficient (Wildman–Crippen LogP) is -1.98. The van der Waals surface area contributed by atoms with Gasteiger partial charge in [-0.15, -0.1) is 10.2 Å². The number of phenols is 1. The number of ether oxygens (including phenoxy) is 1. The fourth-order valence-electron chi connectivity index (χ4n) is 10.6. The van der Waals surface area contributed by atoms with Gasteiger partial charge in [-0.3, -0.25) is 38.4 Å². The molecule has 492 valence electrons. The molecule has 0 saturated carbocycles. The number of benzene rings is 4. The van der Waals surface area contributed by atoms with Gasteiger partial charge in [-0.2, -0.15) is 0 Å². The molecule has 32 nitrogen and oxygen atoms in total. The van der Waals surface area contributed by atoms with Crippen molar-refractivity contribution in [2.45, 2.75) is 112 Å². The van der Waals surface area contributed by atoms with Gasteiger partial charge in [0.25, 0.3) is 18.2 Å². The minimum atomic E-state index is -2.54. The second-order valence-corrected chi connectivity index (χ2v) is 22.5. The summed E-state index contributed by atoms with van der Waals surface area (Å²) in [4.78, 5) is 115. The summed E-state index contributed by atoms with van der Waals surface area (Å²) in [5, 5.41) is 122. The number of fused-ring (bicyclic) bond motifs is 2. The van der Waals surface area contributed by atoms with Crippen molar-refractivity contribution >= 4 is 59.6 Å². The summed E-state index contributed by atoms with van der Waals surface area (Å²) in [5.74, 6) is -11.1. The molecule has 92 heavy (non-hydrogen) atoms. The molecule has 4 heterocycles. The largest absolute Gasteiger partial charge is 0.504 e. The van der Waals surface area contributed by atoms with Crippen molar-refractivity contribution in [3.05, 3.63) is 115 Å². The Morgan fingerprint density at radius 3 is 1.99 bits per heavy atom. The minimum absolute atomic E-state index is 0.0282. The van der Waals surface area contributed by atoms with E-state index in [0.717, 1.165) is 41.1 Å². The quantitative estimate of drug-likeness (QED) is 0.0140. The van der Waals surface area contributed by atoms with Crippen LogP contribution in [0, 0.1) is 5.92 Å². The zero-order valence-electron chi connectivity index (χ0n) is 49.1. The first-order chi connectivity index (χ1) is 43.9. The average Bonchev–Trinajstić information content (AvgIpc) is 1.60. The molecule has 33 heteroatoms. The van der Waals surface area contributed by atoms with Crippen molar-refractivity contribution in [1.29, 1.82) is 0 Å². The third-order valence-corrected chi connectivity index (χ3v) is 15.8. The number of aromatic nitrogens is 2. The average molecular weight is 1300 g/mol. The van der Waals surface area contributed by atoms with E-state index in [1.54, 1.807) is 18.2 Å². The Morgan fingerprint density at radius 1 is 0.772 bits per heavy atom. The topological polar surface area (TPSA) is 487 Å². The molecule has 16 N–H and O–H groups in total. The van der Waals surface area contributed by atoms with Gasteiger partial charge in [-0.1, -0.05) is 59.3 Å². The molecule has 14 atom stereocenters. The van der Waals surface area contributed by atoms with Gasteiger partial charge >= 0.3 is 0 Å². The predicted molar refractivity (Wildman–Crippen MR) is 317 cm³/mol. The Balaban J connectivity index is 1.08. The van der Waals surface area contributed by atoms with Gasteiger partial charge in [-0.05, 0) is 84.3 Å². The molecular formula is C59H68N10O22S. The van der Waals surface area contributed by atoms with Crippen molar-refractivity contribution in [1.82, 2.24) is 46.6 Å². The lowest BCUT2D eigenvalue weighted by molar-refractivity contribution is -0.433. The molecular weight excluding hydrogens is 1230 g/mol. The van der Waals surface area contributed by atoms with E-state index in [9.17, 15) is 79.2 Å². The Bertz CT molecular complexity index is 3470. The maximum absolute atomic E-state index is 14.7. The number of nitrogens with one attached hydrogen (secondary N) is 5. The van der Waals surface area contributed by atoms with Gasteiger partial charge < -0.3 is 96.3 Å². The van der Waals surface area contributed by atoms with Gasteiger partial charge in [0.05, 0.1) is 36.9 Å². The van der Waals surface area contributed by atoms with E-state index in [4.69, 9.17) is 24.3 Å². The molecule has 0 spiro atoms. The van der Waals surface area contributed by atoms with Crippen LogP contribution in [0.15, 0.2) is 108 Å². The Hall–Kier alpha value is -9.13. The smallest absolute Gasteiger partial charge is 0.261 e. The summed E-state index contributed by atoms with van der Waals surface area (Å²) in [5.41, 5.74) is 7.78. The normalized spacial score (nSPS) is 24.9. The molecule has 0 radical (unpaired) electrons. The van der Waals surface area contributed by atoms with Crippen LogP contribution in [0.1, 0.15) is 55.1 Å². The van der Waals surface area contributed by atoms with Gasteiger partial charge in [-0.25, -0.2) is 5.26 Å². The number of aliphatic hydroxyl groups excluding tert-OH is 7. The highest BCUT2D eigenvalue weighted by atomic mass is 32.2. The fourth-order valence-corrected chi connectivity index (χ4v) is 10.9. The maximum atomic E-state index is 14.7. The number of primary amides is 1. The summed E-state index contributed by atoms with van der Waals surface area (Å²) >= 11 is -0.0282. The van der Waals surface area contributed by atoms with E-state index in [1.807, 2.05) is 36.4 Å². The lowest BCUT2D eigenvalue weighted by Gasteiger charge is -2.34. The zero-order valence-corrected chi connectivity index (χ0v) is 49.9. The lowest BCUT2D eigenvalue weighted by Crippen LogP contribution is -2.64. The van der Waals surface area contributed by atoms with Crippen molar-refractivity contribution in [2.24, 2.45) is 11.7 Å². The number of nitrogens with two attached hydrogens (primary N) is 1. The number of carbonyl (C=O) groups excluding carboxylic acids is 8. The van der Waals surface area contributed by atoms with E-state index in [1.165, 1.54) is 31.2 Å². The summed E-state index contributed by atoms with van der Waals surface area (Å²) in [6, 6.07) is 11.0. The molecule has 1 aromatic heterocycles. The first kappa shape index (κ1) is 68.8. The number of β-amino-alcohol motifs (C(OH)–C–C–N with tert-alkyl or cyclic N) is 1. The molecule has 3 aliphatic heterocycles. The number of aliphatic hydroxyl groups is 7. The number of hydrogen-bond donors (Lipinski definition) is 15. The number of carbonyl (C=O) groups is 8. The maximum Gasteiger partial charge on any atom is 0.261 e. The van der Waals surface area contributed by atoms with E-state index in [-0.39, 0.29) is 35.2 Å². The Labute approximate surface area is 527 Å². The number of rotatable bonds is 19. The second kappa shape index (κ2) is 30.8. The van der Waals surface area contributed by atoms with Crippen molar-refractivity contribution < 1.29 is 107 Å². The number of phenolic OH excluding ortho intramolecular Hbond substituents is 1. The SMILES string of the molecule is C=CCOc1ccc(-c2ccc(-c3nnc(-c4ccc(C(=O)NC5CC(O)CNC(=O)C6C(O)C(C)CN6C(=O)C(C(O)CC(N)=O)NC(=O)C(C(O)C(O)c6ccc(O)c(OSOOO)c6)NC(=O)C6CC(O)CN6C(=O)C(C(C)O)NC5=O)cc4)o3)cc2)cc1. The molecule has 3 fully saturated rings. The van der Waals surface area contributed by atoms with E-state index < -0.39 is 183 Å². The first-order valence-electron chi connectivity index (χ1n) is 28.6. The lowest BCUT2D eigenvalue weighted by atomic mass is 9.96. The molecule has 0 aliphatic carbocycles. The minimum Gasteiger partial charge on any atom is -0.504 e. The molecule has 4 aromatic carbocycles. The third-order valence-electron chi connectivity index (χ3n) is 15.4. The molecule has 3 saturated heterocycles. The van der Waals surface area contributed by atoms with Crippen LogP contribution in [0.3, 0.4) is 0 Å². The van der Waals surface area contributed by atoms with Crippen LogP contribution in [0.5, 0.6) is 17.2 Å². The van der Waals surface area contributed by atoms with Gasteiger partial charge in [0.2, 0.25) is 53.1 Å². The zero-order chi connectivity index (χ0) is 66.7. The van der Waals surface area contributed by atoms with Crippen LogP contribution in [0.4, 0.5) is 0 Å². The standard InChI is InChI=1S/C59H68N10O22S/c1-4-19-87-37-16-13-30(14-17-37)29-5-9-32(10-6-29)56-66-67-57(88-56)33-11-7-31(8-12-33)51(79)62-38-21-35(71)24-61-55(83)47-48(76)27(2)25-69(47)59(85)45(41(74)23-43(60)75)64-54(82)46(50(78)49(77)34-15-18-40(73)42(20-34)89-92-91-90-86)65-53(81)39-22-36(72)26-68(39)58(84)44(28(3)70)63-52(38)80/h4-18,20,27-28,35-36,38-39,41,44-50,70-74,76-78,86H,1,19,21-26H2,2-3H3,(H2,60,75)(H,61,83)(H,62,79)(H,63,80)(H,64,82)(H,65,81). The van der Waals surface area contributed by atoms with E-state index in [0.29, 0.717) is 28.4 Å². The summed E-state index contributed by atoms with van der Waals surface area (Å²) in [6.07, 6.45) is -14.6. The highest BCUT2D eigenvalue weighted by molar-refractivity contribution is 7.90. The van der Waals surface area contributed by atoms with Crippen molar-refractivity contribution in [3.63, 3.8) is 0 Å². The van der Waals surface area contributed by atoms with Gasteiger partial charge in [0.1, 0.15) is 60.8 Å². The van der Waals surface area contributed by atoms with Crippen LogP contribution < -0.4 is 41.2 Å². The fraction of sp³-hybridized carbons (Fsp3) is 0.390. The molecule has 3 aliphatic rings. The van der Waals surface area contributed by atoms with E-state index >= 15 is 0 Å². The molecule has 14 unspecified atom stereocenters. The van der Waals surface area contributed by atoms with Crippen LogP contribution in [-0.4, -0.2) is 212 Å². The summed E-state index contributed by atoms with van der Waals surface area (Å²) in [7, 11) is 0. The van der Waals surface area contributed by atoms with Gasteiger partial charge in [0, 0.05) is 55.1 Å². The van der Waals surface area contributed by atoms with Crippen LogP contribution in [-0.2, 0) is 42.9 Å². The Morgan fingerprint density at radius 2 is 1.37 bits per heavy atom. The molecule has 0 bridgehead atoms. The molecule has 5 aromatic rings. The van der Waals surface area contributed by atoms with E-state index in [2.05, 4.69) is 52.7 Å². The molecule has 8 amide bonds. The first-order valence-corrected chi connectivity index (χ1v) is 29.2. The number of amides is 8. The second-order valence-electron chi connectivity index (χ2n) is 22.0. The van der Waals surface area contributed by atoms with Crippen LogP contribution in [0.25, 0.3) is 34.0 Å². The Kier molecular flexibility index (Phi) is 23.0. The van der Waals surface area contributed by atoms with Crippen LogP contribution in [0.2, 0.25) is 0 Å². The number of aromatic hydroxyl groups is 1. The number of hydrogen-bond acceptors (Lipinski definition) is 25. The highest BCUT2D eigenvalue weighted by Crippen LogP contribution is 2.35. The monoisotopic (exact) mass is 1300 g/mol. The van der Waals surface area contributed by atoms with Crippen molar-refractivity contribution in [2.75, 3.05) is 26.2 Å². The summed E-state index contributed by atoms with van der Waals surface area (Å²) in [6.45, 7) is 4.65. The highest BCUT2D eigenvalue weighted by Gasteiger charge is 2.50.